The van der Waals surface area contributed by atoms with E-state index in [-0.39, 0.29) is 0 Å². The third-order valence-electron chi connectivity index (χ3n) is 3.56. The fraction of sp³-hybridized carbons (Fsp3) is 0.846. The predicted octanol–water partition coefficient (Wildman–Crippen LogP) is 3.95. The van der Waals surface area contributed by atoms with E-state index in [1.807, 2.05) is 0 Å². The normalized spacial score (nSPS) is 26.4. The fourth-order valence-electron chi connectivity index (χ4n) is 3.08. The van der Waals surface area contributed by atoms with E-state index in [1.54, 1.807) is 0 Å². The van der Waals surface area contributed by atoms with Crippen LogP contribution in [0, 0.1) is 0 Å². The van der Waals surface area contributed by atoms with Gasteiger partial charge in [-0.1, -0.05) is 6.08 Å². The second kappa shape index (κ2) is 3.60. The monoisotopic (exact) mass is 195 g/mol. The van der Waals surface area contributed by atoms with E-state index in [4.69, 9.17) is 0 Å². The van der Waals surface area contributed by atoms with E-state index in [1.165, 1.54) is 25.0 Å². The van der Waals surface area contributed by atoms with Gasteiger partial charge in [0, 0.05) is 16.8 Å². The molecule has 1 aliphatic heterocycles. The maximum atomic E-state index is 2.60. The van der Waals surface area contributed by atoms with Crippen LogP contribution in [0.25, 0.3) is 0 Å². The van der Waals surface area contributed by atoms with Crippen LogP contribution in [0.2, 0.25) is 0 Å². The van der Waals surface area contributed by atoms with Crippen LogP contribution in [0.15, 0.2) is 11.8 Å². The zero-order valence-corrected chi connectivity index (χ0v) is 10.6. The first kappa shape index (κ1) is 11.6. The van der Waals surface area contributed by atoms with Gasteiger partial charge in [0.15, 0.2) is 0 Å². The van der Waals surface area contributed by atoms with Gasteiger partial charge in [0.1, 0.15) is 0 Å². The molecule has 1 saturated heterocycles. The van der Waals surface area contributed by atoms with Gasteiger partial charge in [-0.3, -0.25) is 0 Å². The average molecular weight is 195 g/mol. The number of allylic oxidation sites excluding steroid dienone is 2. The van der Waals surface area contributed by atoms with Crippen LogP contribution in [-0.4, -0.2) is 16.0 Å². The highest BCUT2D eigenvalue weighted by Gasteiger charge is 2.40. The van der Waals surface area contributed by atoms with Crippen molar-refractivity contribution >= 4 is 0 Å². The first-order valence-corrected chi connectivity index (χ1v) is 5.74. The summed E-state index contributed by atoms with van der Waals surface area (Å²) in [5, 5.41) is 0. The topological polar surface area (TPSA) is 3.24 Å². The summed E-state index contributed by atoms with van der Waals surface area (Å²) >= 11 is 0. The smallest absolute Gasteiger partial charge is 0.0348 e. The highest BCUT2D eigenvalue weighted by Crippen LogP contribution is 2.40. The van der Waals surface area contributed by atoms with E-state index in [2.05, 4.69) is 52.5 Å². The Morgan fingerprint density at radius 3 is 1.86 bits per heavy atom. The maximum Gasteiger partial charge on any atom is 0.0348 e. The maximum absolute atomic E-state index is 2.60. The van der Waals surface area contributed by atoms with Crippen molar-refractivity contribution in [2.75, 3.05) is 0 Å². The second-order valence-electron chi connectivity index (χ2n) is 5.74. The van der Waals surface area contributed by atoms with Crippen LogP contribution in [0.1, 0.15) is 60.8 Å². The second-order valence-corrected chi connectivity index (χ2v) is 5.74. The third kappa shape index (κ3) is 1.97. The average Bonchev–Trinajstić information content (AvgIpc) is 2.00. The molecule has 0 radical (unpaired) electrons. The lowest BCUT2D eigenvalue weighted by atomic mass is 9.79. The molecule has 14 heavy (non-hydrogen) atoms. The number of likely N-dealkylation sites (tertiary alicyclic amines) is 1. The van der Waals surface area contributed by atoms with Gasteiger partial charge in [-0.25, -0.2) is 0 Å². The van der Waals surface area contributed by atoms with Crippen LogP contribution >= 0.6 is 0 Å². The molecule has 0 saturated carbocycles. The van der Waals surface area contributed by atoms with Crippen molar-refractivity contribution in [3.8, 4) is 0 Å². The van der Waals surface area contributed by atoms with E-state index in [9.17, 15) is 0 Å². The summed E-state index contributed by atoms with van der Waals surface area (Å²) in [7, 11) is 0. The molecule has 0 amide bonds. The number of nitrogens with zero attached hydrogens (tertiary/aromatic N) is 1. The Morgan fingerprint density at radius 2 is 1.50 bits per heavy atom. The van der Waals surface area contributed by atoms with Crippen molar-refractivity contribution in [2.24, 2.45) is 0 Å². The molecule has 1 heterocycles. The van der Waals surface area contributed by atoms with Crippen LogP contribution in [0.4, 0.5) is 0 Å². The van der Waals surface area contributed by atoms with E-state index < -0.39 is 0 Å². The van der Waals surface area contributed by atoms with Gasteiger partial charge in [-0.05, 0) is 60.8 Å². The lowest BCUT2D eigenvalue weighted by Gasteiger charge is -2.55. The predicted molar refractivity (Wildman–Crippen MR) is 63.3 cm³/mol. The van der Waals surface area contributed by atoms with Gasteiger partial charge < -0.3 is 4.90 Å². The Balaban J connectivity index is 3.03. The van der Waals surface area contributed by atoms with E-state index >= 15 is 0 Å². The van der Waals surface area contributed by atoms with Gasteiger partial charge in [0.05, 0.1) is 0 Å². The van der Waals surface area contributed by atoms with Crippen molar-refractivity contribution in [3.63, 3.8) is 0 Å². The largest absolute Gasteiger partial charge is 0.365 e. The minimum atomic E-state index is 0.318. The summed E-state index contributed by atoms with van der Waals surface area (Å²) in [6.45, 7) is 13.8. The lowest BCUT2D eigenvalue weighted by Crippen LogP contribution is -2.57. The van der Waals surface area contributed by atoms with Gasteiger partial charge in [-0.15, -0.1) is 0 Å². The first-order chi connectivity index (χ1) is 6.31. The van der Waals surface area contributed by atoms with Crippen molar-refractivity contribution in [1.82, 2.24) is 4.90 Å². The standard InChI is InChI=1S/C13H25N/c1-7-11(2)14-12(3,4)9-8-10-13(14,5)6/h7H,8-10H2,1-6H3. The van der Waals surface area contributed by atoms with E-state index in [0.29, 0.717) is 11.1 Å². The van der Waals surface area contributed by atoms with Crippen molar-refractivity contribution in [2.45, 2.75) is 71.9 Å². The van der Waals surface area contributed by atoms with Crippen LogP contribution in [0.3, 0.4) is 0 Å². The zero-order valence-electron chi connectivity index (χ0n) is 10.6. The van der Waals surface area contributed by atoms with Gasteiger partial charge >= 0.3 is 0 Å². The molecule has 82 valence electrons. The molecule has 1 aliphatic rings. The van der Waals surface area contributed by atoms with Crippen LogP contribution < -0.4 is 0 Å². The van der Waals surface area contributed by atoms with E-state index in [0.717, 1.165) is 0 Å². The summed E-state index contributed by atoms with van der Waals surface area (Å²) in [6.07, 6.45) is 6.20. The van der Waals surface area contributed by atoms with Gasteiger partial charge in [0.25, 0.3) is 0 Å². The fourth-order valence-corrected chi connectivity index (χ4v) is 3.08. The van der Waals surface area contributed by atoms with Crippen molar-refractivity contribution < 1.29 is 0 Å². The number of hydrogen-bond donors (Lipinski definition) is 0. The molecule has 0 aliphatic carbocycles. The van der Waals surface area contributed by atoms with Gasteiger partial charge in [0.2, 0.25) is 0 Å². The minimum Gasteiger partial charge on any atom is -0.365 e. The molecule has 0 atom stereocenters. The number of hydrogen-bond acceptors (Lipinski definition) is 1. The Labute approximate surface area is 89.2 Å². The molecule has 0 spiro atoms. The third-order valence-corrected chi connectivity index (χ3v) is 3.56. The van der Waals surface area contributed by atoms with Crippen molar-refractivity contribution in [3.05, 3.63) is 11.8 Å². The molecule has 1 rings (SSSR count). The molecule has 0 aromatic rings. The first-order valence-electron chi connectivity index (χ1n) is 5.74. The molecule has 1 fully saturated rings. The Hall–Kier alpha value is -0.460. The van der Waals surface area contributed by atoms with Crippen LogP contribution in [-0.2, 0) is 0 Å². The van der Waals surface area contributed by atoms with Gasteiger partial charge in [-0.2, -0.15) is 0 Å². The summed E-state index contributed by atoms with van der Waals surface area (Å²) in [5.74, 6) is 0. The molecule has 0 N–H and O–H groups in total. The van der Waals surface area contributed by atoms with Crippen LogP contribution in [0.5, 0.6) is 0 Å². The molecule has 0 bridgehead atoms. The summed E-state index contributed by atoms with van der Waals surface area (Å²) < 4.78 is 0. The molecule has 0 unspecified atom stereocenters. The highest BCUT2D eigenvalue weighted by atomic mass is 15.3. The minimum absolute atomic E-state index is 0.318. The molecule has 0 aromatic carbocycles. The Bertz CT molecular complexity index is 220. The number of piperidine rings is 1. The molecule has 1 heteroatoms. The highest BCUT2D eigenvalue weighted by molar-refractivity contribution is 5.10. The molecular weight excluding hydrogens is 170 g/mol. The lowest BCUT2D eigenvalue weighted by molar-refractivity contribution is 0.00610. The molecule has 1 nitrogen and oxygen atoms in total. The Kier molecular flexibility index (Phi) is 2.99. The summed E-state index contributed by atoms with van der Waals surface area (Å²) in [4.78, 5) is 2.60. The number of rotatable bonds is 1. The summed E-state index contributed by atoms with van der Waals surface area (Å²) in [5.41, 5.74) is 2.05. The molecular formula is C13H25N. The Morgan fingerprint density at radius 1 is 1.07 bits per heavy atom. The zero-order chi connectivity index (χ0) is 11.0. The summed E-state index contributed by atoms with van der Waals surface area (Å²) in [6, 6.07) is 0. The quantitative estimate of drug-likeness (QED) is 0.612. The SMILES string of the molecule is CC=C(C)N1C(C)(C)CCCC1(C)C. The van der Waals surface area contributed by atoms with Crippen molar-refractivity contribution in [1.29, 1.82) is 0 Å². The molecule has 0 aromatic heterocycles.